The molecule has 0 atom stereocenters. The highest BCUT2D eigenvalue weighted by molar-refractivity contribution is 5.61. The number of nitrogens with one attached hydrogen (secondary N) is 1. The van der Waals surface area contributed by atoms with Gasteiger partial charge in [-0.05, 0) is 6.07 Å². The van der Waals surface area contributed by atoms with Gasteiger partial charge in [-0.3, -0.25) is 10.1 Å². The van der Waals surface area contributed by atoms with Gasteiger partial charge in [0.25, 0.3) is 5.69 Å². The van der Waals surface area contributed by atoms with E-state index in [2.05, 4.69) is 5.32 Å². The Morgan fingerprint density at radius 3 is 2.88 bits per heavy atom. The van der Waals surface area contributed by atoms with Crippen LogP contribution in [0.2, 0.25) is 0 Å². The molecule has 0 heterocycles. The van der Waals surface area contributed by atoms with Crippen molar-refractivity contribution in [3.8, 4) is 0 Å². The third-order valence-corrected chi connectivity index (χ3v) is 1.87. The molecule has 0 saturated carbocycles. The first-order valence-corrected chi connectivity index (χ1v) is 4.68. The zero-order chi connectivity index (χ0) is 12.0. The molecule has 0 aliphatic heterocycles. The van der Waals surface area contributed by atoms with E-state index in [1.807, 2.05) is 0 Å². The Labute approximate surface area is 91.9 Å². The van der Waals surface area contributed by atoms with Crippen molar-refractivity contribution >= 4 is 11.4 Å². The maximum atomic E-state index is 12.9. The third-order valence-electron chi connectivity index (χ3n) is 1.87. The number of nitro groups is 1. The summed E-state index contributed by atoms with van der Waals surface area (Å²) >= 11 is 0. The maximum absolute atomic E-state index is 12.9. The van der Waals surface area contributed by atoms with Crippen LogP contribution in [-0.4, -0.2) is 18.0 Å². The number of nitrogens with zero attached hydrogens (tertiary/aromatic N) is 1. The maximum Gasteiger partial charge on any atom is 0.292 e. The van der Waals surface area contributed by atoms with Gasteiger partial charge in [-0.1, -0.05) is 12.2 Å². The summed E-state index contributed by atoms with van der Waals surface area (Å²) in [5.74, 6) is -0.518. The van der Waals surface area contributed by atoms with Gasteiger partial charge in [0.1, 0.15) is 11.5 Å². The normalized spacial score (nSPS) is 10.6. The standard InChI is InChI=1S/C10H12FN3O2/c11-8-3-4-10(14(15)16)9(7-8)13-6-2-1-5-12/h1-4,7,13H,5-6,12H2/b2-1+. The molecule has 0 aliphatic carbocycles. The van der Waals surface area contributed by atoms with Crippen molar-refractivity contribution in [1.29, 1.82) is 0 Å². The molecule has 1 rings (SSSR count). The number of hydrogen-bond acceptors (Lipinski definition) is 4. The van der Waals surface area contributed by atoms with E-state index >= 15 is 0 Å². The highest BCUT2D eigenvalue weighted by Gasteiger charge is 2.13. The molecule has 0 unspecified atom stereocenters. The van der Waals surface area contributed by atoms with Crippen molar-refractivity contribution in [2.75, 3.05) is 18.4 Å². The Balaban J connectivity index is 2.80. The summed E-state index contributed by atoms with van der Waals surface area (Å²) in [5, 5.41) is 13.4. The summed E-state index contributed by atoms with van der Waals surface area (Å²) < 4.78 is 12.9. The predicted octanol–water partition coefficient (Wildman–Crippen LogP) is 1.66. The Kier molecular flexibility index (Phi) is 4.41. The second kappa shape index (κ2) is 5.82. The van der Waals surface area contributed by atoms with E-state index in [1.54, 1.807) is 12.2 Å². The molecule has 0 fully saturated rings. The molecular formula is C10H12FN3O2. The topological polar surface area (TPSA) is 81.2 Å². The molecule has 1 aromatic carbocycles. The van der Waals surface area contributed by atoms with Gasteiger partial charge in [0, 0.05) is 25.2 Å². The van der Waals surface area contributed by atoms with Crippen LogP contribution in [0.15, 0.2) is 30.4 Å². The van der Waals surface area contributed by atoms with Crippen LogP contribution in [0.1, 0.15) is 0 Å². The predicted molar refractivity (Wildman–Crippen MR) is 59.7 cm³/mol. The minimum absolute atomic E-state index is 0.150. The fourth-order valence-corrected chi connectivity index (χ4v) is 1.16. The van der Waals surface area contributed by atoms with Crippen molar-refractivity contribution in [1.82, 2.24) is 0 Å². The summed E-state index contributed by atoms with van der Waals surface area (Å²) in [6, 6.07) is 3.28. The monoisotopic (exact) mass is 225 g/mol. The van der Waals surface area contributed by atoms with Crippen LogP contribution in [0.4, 0.5) is 15.8 Å². The molecule has 6 heteroatoms. The average Bonchev–Trinajstić information content (AvgIpc) is 2.24. The lowest BCUT2D eigenvalue weighted by atomic mass is 10.2. The van der Waals surface area contributed by atoms with Crippen LogP contribution in [0, 0.1) is 15.9 Å². The molecule has 0 saturated heterocycles. The molecular weight excluding hydrogens is 213 g/mol. The number of halogens is 1. The molecule has 0 spiro atoms. The van der Waals surface area contributed by atoms with Crippen LogP contribution < -0.4 is 11.1 Å². The number of benzene rings is 1. The van der Waals surface area contributed by atoms with Gasteiger partial charge in [0.15, 0.2) is 0 Å². The first kappa shape index (κ1) is 12.1. The van der Waals surface area contributed by atoms with Crippen LogP contribution >= 0.6 is 0 Å². The zero-order valence-corrected chi connectivity index (χ0v) is 8.52. The first-order chi connectivity index (χ1) is 7.65. The lowest BCUT2D eigenvalue weighted by Gasteiger charge is -2.04. The summed E-state index contributed by atoms with van der Waals surface area (Å²) in [6.45, 7) is 0.758. The molecule has 0 bridgehead atoms. The zero-order valence-electron chi connectivity index (χ0n) is 8.52. The summed E-state index contributed by atoms with van der Waals surface area (Å²) in [6.07, 6.45) is 3.42. The molecule has 0 radical (unpaired) electrons. The molecule has 0 aliphatic rings. The Hall–Kier alpha value is -1.95. The molecule has 86 valence electrons. The van der Waals surface area contributed by atoms with Gasteiger partial charge >= 0.3 is 0 Å². The Morgan fingerprint density at radius 1 is 1.50 bits per heavy atom. The van der Waals surface area contributed by atoms with Crippen LogP contribution in [-0.2, 0) is 0 Å². The Bertz CT molecular complexity index is 407. The highest BCUT2D eigenvalue weighted by atomic mass is 19.1. The van der Waals surface area contributed by atoms with Crippen LogP contribution in [0.25, 0.3) is 0 Å². The van der Waals surface area contributed by atoms with E-state index in [9.17, 15) is 14.5 Å². The smallest absolute Gasteiger partial charge is 0.292 e. The number of hydrogen-bond donors (Lipinski definition) is 2. The van der Waals surface area contributed by atoms with Crippen LogP contribution in [0.5, 0.6) is 0 Å². The van der Waals surface area contributed by atoms with E-state index in [4.69, 9.17) is 5.73 Å². The van der Waals surface area contributed by atoms with E-state index in [0.717, 1.165) is 18.2 Å². The summed E-state index contributed by atoms with van der Waals surface area (Å²) in [5.41, 5.74) is 5.24. The average molecular weight is 225 g/mol. The quantitative estimate of drug-likeness (QED) is 0.453. The lowest BCUT2D eigenvalue weighted by molar-refractivity contribution is -0.384. The fraction of sp³-hybridized carbons (Fsp3) is 0.200. The van der Waals surface area contributed by atoms with Gasteiger partial charge in [-0.15, -0.1) is 0 Å². The first-order valence-electron chi connectivity index (χ1n) is 4.68. The van der Waals surface area contributed by atoms with E-state index in [-0.39, 0.29) is 11.4 Å². The molecule has 16 heavy (non-hydrogen) atoms. The molecule has 0 aromatic heterocycles. The van der Waals surface area contributed by atoms with Crippen molar-refractivity contribution in [3.05, 3.63) is 46.3 Å². The van der Waals surface area contributed by atoms with Crippen molar-refractivity contribution in [2.45, 2.75) is 0 Å². The van der Waals surface area contributed by atoms with E-state index in [1.165, 1.54) is 0 Å². The van der Waals surface area contributed by atoms with Gasteiger partial charge in [0.05, 0.1) is 4.92 Å². The number of rotatable bonds is 5. The SMILES string of the molecule is NC/C=C/CNc1cc(F)ccc1[N+](=O)[O-]. The minimum atomic E-state index is -0.561. The summed E-state index contributed by atoms with van der Waals surface area (Å²) in [4.78, 5) is 10.1. The fourth-order valence-electron chi connectivity index (χ4n) is 1.16. The second-order valence-corrected chi connectivity index (χ2v) is 3.01. The van der Waals surface area contributed by atoms with E-state index in [0.29, 0.717) is 13.1 Å². The molecule has 1 aromatic rings. The van der Waals surface area contributed by atoms with Gasteiger partial charge in [-0.25, -0.2) is 4.39 Å². The van der Waals surface area contributed by atoms with Crippen molar-refractivity contribution in [3.63, 3.8) is 0 Å². The summed E-state index contributed by atoms with van der Waals surface area (Å²) in [7, 11) is 0. The molecule has 5 nitrogen and oxygen atoms in total. The largest absolute Gasteiger partial charge is 0.376 e. The second-order valence-electron chi connectivity index (χ2n) is 3.01. The Morgan fingerprint density at radius 2 is 2.25 bits per heavy atom. The lowest BCUT2D eigenvalue weighted by Crippen LogP contribution is -2.03. The van der Waals surface area contributed by atoms with E-state index < -0.39 is 10.7 Å². The van der Waals surface area contributed by atoms with Gasteiger partial charge < -0.3 is 11.1 Å². The molecule has 3 N–H and O–H groups in total. The van der Waals surface area contributed by atoms with Crippen molar-refractivity contribution < 1.29 is 9.31 Å². The van der Waals surface area contributed by atoms with Gasteiger partial charge in [0.2, 0.25) is 0 Å². The number of nitrogens with two attached hydrogens (primary N) is 1. The van der Waals surface area contributed by atoms with Crippen molar-refractivity contribution in [2.24, 2.45) is 5.73 Å². The highest BCUT2D eigenvalue weighted by Crippen LogP contribution is 2.24. The minimum Gasteiger partial charge on any atom is -0.376 e. The number of nitro benzene ring substituents is 1. The van der Waals surface area contributed by atoms with Gasteiger partial charge in [-0.2, -0.15) is 0 Å². The van der Waals surface area contributed by atoms with Crippen LogP contribution in [0.3, 0.4) is 0 Å². The molecule has 0 amide bonds. The third kappa shape index (κ3) is 3.32. The number of anilines is 1.